The third kappa shape index (κ3) is 2.98. The Morgan fingerprint density at radius 2 is 1.94 bits per heavy atom. The molecule has 0 amide bonds. The minimum Gasteiger partial charge on any atom is -0.299 e. The topological polar surface area (TPSA) is 6.48 Å². The van der Waals surface area contributed by atoms with Gasteiger partial charge >= 0.3 is 0 Å². The van der Waals surface area contributed by atoms with E-state index in [1.165, 1.54) is 64.7 Å². The molecule has 2 unspecified atom stereocenters. The Bertz CT molecular complexity index is 205. The average Bonchev–Trinajstić information content (AvgIpc) is 2.51. The Hall–Kier alpha value is -0.0800. The normalized spacial score (nSPS) is 30.8. The fraction of sp³-hybridized carbons (Fsp3) is 1.00. The molecule has 0 bridgehead atoms. The molecule has 0 saturated carbocycles. The molecule has 0 spiro atoms. The molecule has 2 aliphatic rings. The third-order valence-electron chi connectivity index (χ3n) is 4.41. The predicted molar refractivity (Wildman–Crippen MR) is 69.8 cm³/mol. The van der Waals surface area contributed by atoms with Crippen molar-refractivity contribution in [3.05, 3.63) is 0 Å². The van der Waals surface area contributed by atoms with Crippen molar-refractivity contribution in [2.24, 2.45) is 0 Å². The molecule has 0 aromatic rings. The fourth-order valence-electron chi connectivity index (χ4n) is 3.40. The molecule has 2 aliphatic heterocycles. The summed E-state index contributed by atoms with van der Waals surface area (Å²) in [5.74, 6) is 0. The Morgan fingerprint density at radius 1 is 1.12 bits per heavy atom. The summed E-state index contributed by atoms with van der Waals surface area (Å²) in [7, 11) is 0. The molecular weight excluding hydrogens is 196 g/mol. The van der Waals surface area contributed by atoms with Crippen molar-refractivity contribution in [2.75, 3.05) is 26.2 Å². The van der Waals surface area contributed by atoms with Gasteiger partial charge in [0.1, 0.15) is 0 Å². The first-order valence-corrected chi connectivity index (χ1v) is 7.29. The van der Waals surface area contributed by atoms with Gasteiger partial charge < -0.3 is 0 Å². The van der Waals surface area contributed by atoms with Crippen molar-refractivity contribution in [1.82, 2.24) is 9.80 Å². The van der Waals surface area contributed by atoms with Crippen LogP contribution < -0.4 is 0 Å². The van der Waals surface area contributed by atoms with Crippen LogP contribution in [0.2, 0.25) is 0 Å². The minimum absolute atomic E-state index is 0.798. The molecule has 0 radical (unpaired) electrons. The Morgan fingerprint density at radius 3 is 2.75 bits per heavy atom. The Labute approximate surface area is 101 Å². The fourth-order valence-corrected chi connectivity index (χ4v) is 3.40. The lowest BCUT2D eigenvalue weighted by atomic mass is 10.0. The maximum Gasteiger partial charge on any atom is 0.0223 e. The van der Waals surface area contributed by atoms with Crippen LogP contribution in [0.15, 0.2) is 0 Å². The maximum atomic E-state index is 2.75. The van der Waals surface area contributed by atoms with Crippen LogP contribution in [0.5, 0.6) is 0 Å². The quantitative estimate of drug-likeness (QED) is 0.727. The lowest BCUT2D eigenvalue weighted by Crippen LogP contribution is -2.45. The standard InChI is InChI=1S/C14H28N2/c1-3-7-13(2)16-11-6-10-15-9-5-4-8-14(15)12-16/h13-14H,3-12H2,1-2H3. The molecule has 0 aromatic carbocycles. The molecule has 0 N–H and O–H groups in total. The highest BCUT2D eigenvalue weighted by Gasteiger charge is 2.28. The molecule has 2 heterocycles. The molecule has 94 valence electrons. The minimum atomic E-state index is 0.798. The summed E-state index contributed by atoms with van der Waals surface area (Å²) in [6.45, 7) is 10.1. The van der Waals surface area contributed by atoms with E-state index in [-0.39, 0.29) is 0 Å². The van der Waals surface area contributed by atoms with Gasteiger partial charge in [-0.2, -0.15) is 0 Å². The van der Waals surface area contributed by atoms with Gasteiger partial charge in [0, 0.05) is 18.6 Å². The summed E-state index contributed by atoms with van der Waals surface area (Å²) >= 11 is 0. The zero-order chi connectivity index (χ0) is 11.4. The highest BCUT2D eigenvalue weighted by Crippen LogP contribution is 2.22. The van der Waals surface area contributed by atoms with Gasteiger partial charge in [-0.3, -0.25) is 9.80 Å². The van der Waals surface area contributed by atoms with E-state index in [1.54, 1.807) is 0 Å². The zero-order valence-corrected chi connectivity index (χ0v) is 11.1. The van der Waals surface area contributed by atoms with E-state index in [4.69, 9.17) is 0 Å². The molecule has 2 nitrogen and oxygen atoms in total. The lowest BCUT2D eigenvalue weighted by Gasteiger charge is -2.37. The monoisotopic (exact) mass is 224 g/mol. The maximum absolute atomic E-state index is 2.75. The van der Waals surface area contributed by atoms with Crippen molar-refractivity contribution in [3.63, 3.8) is 0 Å². The summed E-state index contributed by atoms with van der Waals surface area (Å²) in [5.41, 5.74) is 0. The van der Waals surface area contributed by atoms with Gasteiger partial charge in [-0.1, -0.05) is 19.8 Å². The number of piperidine rings is 1. The van der Waals surface area contributed by atoms with Gasteiger partial charge in [0.2, 0.25) is 0 Å². The molecule has 16 heavy (non-hydrogen) atoms. The van der Waals surface area contributed by atoms with E-state index in [2.05, 4.69) is 23.6 Å². The van der Waals surface area contributed by atoms with Crippen LogP contribution in [0.4, 0.5) is 0 Å². The van der Waals surface area contributed by atoms with Crippen molar-refractivity contribution >= 4 is 0 Å². The first kappa shape index (κ1) is 12.4. The molecule has 2 heteroatoms. The Kier molecular flexibility index (Phi) is 4.66. The van der Waals surface area contributed by atoms with E-state index in [0.717, 1.165) is 12.1 Å². The van der Waals surface area contributed by atoms with Gasteiger partial charge in [-0.05, 0) is 52.2 Å². The van der Waals surface area contributed by atoms with Gasteiger partial charge in [-0.25, -0.2) is 0 Å². The first-order valence-electron chi connectivity index (χ1n) is 7.29. The van der Waals surface area contributed by atoms with Crippen LogP contribution in [0, 0.1) is 0 Å². The predicted octanol–water partition coefficient (Wildman–Crippen LogP) is 2.74. The zero-order valence-electron chi connectivity index (χ0n) is 11.1. The van der Waals surface area contributed by atoms with Gasteiger partial charge in [0.05, 0.1) is 0 Å². The third-order valence-corrected chi connectivity index (χ3v) is 4.41. The first-order chi connectivity index (χ1) is 7.81. The smallest absolute Gasteiger partial charge is 0.0223 e. The second-order valence-corrected chi connectivity index (χ2v) is 5.67. The highest BCUT2D eigenvalue weighted by atomic mass is 15.3. The molecule has 2 fully saturated rings. The molecule has 2 rings (SSSR count). The second-order valence-electron chi connectivity index (χ2n) is 5.67. The van der Waals surface area contributed by atoms with Gasteiger partial charge in [-0.15, -0.1) is 0 Å². The van der Waals surface area contributed by atoms with E-state index in [9.17, 15) is 0 Å². The van der Waals surface area contributed by atoms with E-state index in [0.29, 0.717) is 0 Å². The number of hydrogen-bond acceptors (Lipinski definition) is 2. The summed E-state index contributed by atoms with van der Waals surface area (Å²) in [6.07, 6.45) is 8.40. The van der Waals surface area contributed by atoms with Crippen molar-refractivity contribution in [2.45, 2.75) is 64.5 Å². The highest BCUT2D eigenvalue weighted by molar-refractivity contribution is 4.84. The van der Waals surface area contributed by atoms with Crippen molar-refractivity contribution < 1.29 is 0 Å². The van der Waals surface area contributed by atoms with Gasteiger partial charge in [0.15, 0.2) is 0 Å². The van der Waals surface area contributed by atoms with Crippen LogP contribution in [-0.2, 0) is 0 Å². The van der Waals surface area contributed by atoms with E-state index >= 15 is 0 Å². The lowest BCUT2D eigenvalue weighted by molar-refractivity contribution is 0.120. The van der Waals surface area contributed by atoms with Crippen molar-refractivity contribution in [1.29, 1.82) is 0 Å². The van der Waals surface area contributed by atoms with Gasteiger partial charge in [0.25, 0.3) is 0 Å². The Balaban J connectivity index is 1.91. The number of fused-ring (bicyclic) bond motifs is 1. The summed E-state index contributed by atoms with van der Waals surface area (Å²) < 4.78 is 0. The van der Waals surface area contributed by atoms with Crippen LogP contribution >= 0.6 is 0 Å². The molecule has 2 atom stereocenters. The van der Waals surface area contributed by atoms with Crippen LogP contribution in [0.25, 0.3) is 0 Å². The van der Waals surface area contributed by atoms with Crippen molar-refractivity contribution in [3.8, 4) is 0 Å². The summed E-state index contributed by atoms with van der Waals surface area (Å²) in [5, 5.41) is 0. The molecular formula is C14H28N2. The molecule has 2 saturated heterocycles. The van der Waals surface area contributed by atoms with Crippen LogP contribution in [0.1, 0.15) is 52.4 Å². The number of hydrogen-bond donors (Lipinski definition) is 0. The van der Waals surface area contributed by atoms with E-state index < -0.39 is 0 Å². The molecule has 0 aromatic heterocycles. The summed E-state index contributed by atoms with van der Waals surface area (Å²) in [4.78, 5) is 5.50. The largest absolute Gasteiger partial charge is 0.299 e. The number of rotatable bonds is 3. The van der Waals surface area contributed by atoms with Crippen LogP contribution in [0.3, 0.4) is 0 Å². The summed E-state index contributed by atoms with van der Waals surface area (Å²) in [6, 6.07) is 1.67. The van der Waals surface area contributed by atoms with E-state index in [1.807, 2.05) is 0 Å². The SMILES string of the molecule is CCCC(C)N1CCCN2CCCCC2C1. The molecule has 0 aliphatic carbocycles. The number of nitrogens with zero attached hydrogens (tertiary/aromatic N) is 2. The second kappa shape index (κ2) is 6.02. The van der Waals surface area contributed by atoms with Crippen LogP contribution in [-0.4, -0.2) is 48.1 Å². The average molecular weight is 224 g/mol.